The van der Waals surface area contributed by atoms with E-state index in [1.807, 2.05) is 55.5 Å². The normalized spacial score (nSPS) is 11.9. The van der Waals surface area contributed by atoms with Gasteiger partial charge in [0.1, 0.15) is 11.5 Å². The molecular weight excluding hydrogens is 334 g/mol. The zero-order chi connectivity index (χ0) is 18.5. The molecule has 0 aliphatic rings. The van der Waals surface area contributed by atoms with Crippen molar-refractivity contribution >= 4 is 5.97 Å². The van der Waals surface area contributed by atoms with Gasteiger partial charge in [-0.2, -0.15) is 4.80 Å². The third-order valence-corrected chi connectivity index (χ3v) is 3.66. The summed E-state index contributed by atoms with van der Waals surface area (Å²) >= 11 is 0. The van der Waals surface area contributed by atoms with E-state index >= 15 is 0 Å². The molecule has 1 atom stereocenters. The van der Waals surface area contributed by atoms with Crippen molar-refractivity contribution in [3.8, 4) is 22.9 Å². The first-order valence-electron chi connectivity index (χ1n) is 8.10. The molecular formula is C18H19N5O3. The minimum atomic E-state index is -0.956. The average molecular weight is 353 g/mol. The fraction of sp³-hybridized carbons (Fsp3) is 0.222. The van der Waals surface area contributed by atoms with Gasteiger partial charge in [-0.1, -0.05) is 17.7 Å². The number of aliphatic carboxylic acids is 1. The number of nitrogens with two attached hydrogens (primary N) is 1. The molecule has 134 valence electrons. The molecule has 0 fully saturated rings. The number of carboxylic acids is 1. The Morgan fingerprint density at radius 2 is 1.77 bits per heavy atom. The molecule has 3 N–H and O–H groups in total. The predicted octanol–water partition coefficient (Wildman–Crippen LogP) is 2.24. The highest BCUT2D eigenvalue weighted by Crippen LogP contribution is 2.24. The number of hydrogen-bond donors (Lipinski definition) is 2. The monoisotopic (exact) mass is 353 g/mol. The second-order valence-corrected chi connectivity index (χ2v) is 5.97. The molecule has 0 unspecified atom stereocenters. The number of carbonyl (C=O) groups is 1. The lowest BCUT2D eigenvalue weighted by atomic mass is 10.2. The maximum Gasteiger partial charge on any atom is 0.304 e. The maximum atomic E-state index is 10.6. The molecule has 2 aromatic carbocycles. The van der Waals surface area contributed by atoms with Crippen molar-refractivity contribution in [2.75, 3.05) is 0 Å². The van der Waals surface area contributed by atoms with E-state index in [4.69, 9.17) is 15.6 Å². The van der Waals surface area contributed by atoms with Crippen LogP contribution in [0.3, 0.4) is 0 Å². The van der Waals surface area contributed by atoms with Gasteiger partial charge in [-0.15, -0.1) is 10.2 Å². The number of aromatic nitrogens is 4. The topological polar surface area (TPSA) is 116 Å². The lowest BCUT2D eigenvalue weighted by molar-refractivity contribution is -0.137. The standard InChI is InChI=1S/C18H19N5O3/c1-12-2-6-15(7-3-12)26-16-8-4-13(5-9-16)18-20-22-23(21-18)11-14(19)10-17(24)25/h2-9,14H,10-11,19H2,1H3,(H,24,25)/t14-/m0/s1. The second-order valence-electron chi connectivity index (χ2n) is 5.97. The summed E-state index contributed by atoms with van der Waals surface area (Å²) in [6, 6.07) is 14.6. The molecule has 3 rings (SSSR count). The van der Waals surface area contributed by atoms with Crippen molar-refractivity contribution < 1.29 is 14.6 Å². The van der Waals surface area contributed by atoms with Gasteiger partial charge in [0.25, 0.3) is 0 Å². The third-order valence-electron chi connectivity index (χ3n) is 3.66. The van der Waals surface area contributed by atoms with Crippen LogP contribution in [0.4, 0.5) is 0 Å². The zero-order valence-electron chi connectivity index (χ0n) is 14.2. The van der Waals surface area contributed by atoms with Gasteiger partial charge in [0.2, 0.25) is 5.82 Å². The van der Waals surface area contributed by atoms with Gasteiger partial charge < -0.3 is 15.6 Å². The Kier molecular flexibility index (Phi) is 5.23. The van der Waals surface area contributed by atoms with Crippen molar-refractivity contribution in [2.24, 2.45) is 5.73 Å². The first-order chi connectivity index (χ1) is 12.5. The molecule has 0 bridgehead atoms. The molecule has 1 heterocycles. The van der Waals surface area contributed by atoms with E-state index in [9.17, 15) is 4.79 Å². The van der Waals surface area contributed by atoms with Gasteiger partial charge >= 0.3 is 5.97 Å². The van der Waals surface area contributed by atoms with E-state index in [-0.39, 0.29) is 13.0 Å². The smallest absolute Gasteiger partial charge is 0.304 e. The Morgan fingerprint density at radius 1 is 1.15 bits per heavy atom. The van der Waals surface area contributed by atoms with E-state index in [0.717, 1.165) is 11.3 Å². The molecule has 0 aliphatic heterocycles. The first-order valence-corrected chi connectivity index (χ1v) is 8.10. The molecule has 0 amide bonds. The highest BCUT2D eigenvalue weighted by atomic mass is 16.5. The second kappa shape index (κ2) is 7.75. The van der Waals surface area contributed by atoms with Crippen LogP contribution < -0.4 is 10.5 Å². The number of nitrogens with zero attached hydrogens (tertiary/aromatic N) is 4. The van der Waals surface area contributed by atoms with E-state index in [1.54, 1.807) is 0 Å². The fourth-order valence-corrected chi connectivity index (χ4v) is 2.35. The lowest BCUT2D eigenvalue weighted by Gasteiger charge is -2.06. The van der Waals surface area contributed by atoms with E-state index in [1.165, 1.54) is 10.4 Å². The summed E-state index contributed by atoms with van der Waals surface area (Å²) in [5, 5.41) is 20.9. The molecule has 0 saturated carbocycles. The van der Waals surface area contributed by atoms with Crippen molar-refractivity contribution in [2.45, 2.75) is 25.9 Å². The zero-order valence-corrected chi connectivity index (χ0v) is 14.2. The highest BCUT2D eigenvalue weighted by molar-refractivity contribution is 5.67. The quantitative estimate of drug-likeness (QED) is 0.669. The summed E-state index contributed by atoms with van der Waals surface area (Å²) in [7, 11) is 0. The molecule has 1 aromatic heterocycles. The Hall–Kier alpha value is -3.26. The number of tetrazole rings is 1. The lowest BCUT2D eigenvalue weighted by Crippen LogP contribution is -2.30. The molecule has 8 nitrogen and oxygen atoms in total. The van der Waals surface area contributed by atoms with Crippen molar-refractivity contribution in [3.63, 3.8) is 0 Å². The predicted molar refractivity (Wildman–Crippen MR) is 94.7 cm³/mol. The summed E-state index contributed by atoms with van der Waals surface area (Å²) in [5.74, 6) is 0.949. The summed E-state index contributed by atoms with van der Waals surface area (Å²) < 4.78 is 5.79. The van der Waals surface area contributed by atoms with Crippen LogP contribution in [-0.2, 0) is 11.3 Å². The van der Waals surface area contributed by atoms with Gasteiger partial charge in [-0.3, -0.25) is 4.79 Å². The Balaban J connectivity index is 1.65. The minimum absolute atomic E-state index is 0.151. The number of carboxylic acid groups (broad SMARTS) is 1. The van der Waals surface area contributed by atoms with Crippen LogP contribution in [0.2, 0.25) is 0 Å². The average Bonchev–Trinajstić information content (AvgIpc) is 3.05. The molecule has 3 aromatic rings. The van der Waals surface area contributed by atoms with Crippen LogP contribution >= 0.6 is 0 Å². The number of aryl methyl sites for hydroxylation is 1. The van der Waals surface area contributed by atoms with Crippen LogP contribution in [-0.4, -0.2) is 37.3 Å². The maximum absolute atomic E-state index is 10.6. The Bertz CT molecular complexity index is 875. The fourth-order valence-electron chi connectivity index (χ4n) is 2.35. The van der Waals surface area contributed by atoms with Gasteiger partial charge in [0.05, 0.1) is 13.0 Å². The summed E-state index contributed by atoms with van der Waals surface area (Å²) in [4.78, 5) is 12.0. The van der Waals surface area contributed by atoms with Gasteiger partial charge in [0, 0.05) is 11.6 Å². The van der Waals surface area contributed by atoms with Gasteiger partial charge in [-0.25, -0.2) is 0 Å². The van der Waals surface area contributed by atoms with Crippen LogP contribution in [0.5, 0.6) is 11.5 Å². The van der Waals surface area contributed by atoms with E-state index in [2.05, 4.69) is 15.4 Å². The molecule has 26 heavy (non-hydrogen) atoms. The SMILES string of the molecule is Cc1ccc(Oc2ccc(-c3nnn(C[C@@H](N)CC(=O)O)n3)cc2)cc1. The van der Waals surface area contributed by atoms with Crippen LogP contribution in [0.15, 0.2) is 48.5 Å². The number of ether oxygens (including phenoxy) is 1. The summed E-state index contributed by atoms with van der Waals surface area (Å²) in [6.45, 7) is 2.21. The number of hydrogen-bond acceptors (Lipinski definition) is 6. The summed E-state index contributed by atoms with van der Waals surface area (Å²) in [5.41, 5.74) is 7.68. The number of rotatable bonds is 7. The minimum Gasteiger partial charge on any atom is -0.481 e. The van der Waals surface area contributed by atoms with E-state index < -0.39 is 12.0 Å². The molecule has 0 saturated heterocycles. The van der Waals surface area contributed by atoms with Crippen molar-refractivity contribution in [1.82, 2.24) is 20.2 Å². The Morgan fingerprint density at radius 3 is 2.38 bits per heavy atom. The molecule has 0 spiro atoms. The molecule has 0 aliphatic carbocycles. The van der Waals surface area contributed by atoms with Crippen molar-refractivity contribution in [3.05, 3.63) is 54.1 Å². The first kappa shape index (κ1) is 17.6. The molecule has 8 heteroatoms. The van der Waals surface area contributed by atoms with Gasteiger partial charge in [-0.05, 0) is 48.5 Å². The van der Waals surface area contributed by atoms with Crippen LogP contribution in [0.25, 0.3) is 11.4 Å². The van der Waals surface area contributed by atoms with Crippen LogP contribution in [0, 0.1) is 6.92 Å². The largest absolute Gasteiger partial charge is 0.481 e. The molecule has 0 radical (unpaired) electrons. The van der Waals surface area contributed by atoms with Crippen LogP contribution in [0.1, 0.15) is 12.0 Å². The summed E-state index contributed by atoms with van der Waals surface area (Å²) in [6.07, 6.45) is -0.151. The van der Waals surface area contributed by atoms with Gasteiger partial charge in [0.15, 0.2) is 0 Å². The number of benzene rings is 2. The van der Waals surface area contributed by atoms with Crippen molar-refractivity contribution in [1.29, 1.82) is 0 Å². The highest BCUT2D eigenvalue weighted by Gasteiger charge is 2.12. The third kappa shape index (κ3) is 4.64. The Labute approximate surface area is 150 Å². The van der Waals surface area contributed by atoms with E-state index in [0.29, 0.717) is 11.6 Å².